The number of anilines is 1. The summed E-state index contributed by atoms with van der Waals surface area (Å²) in [5.74, 6) is 0.576. The molecule has 0 saturated heterocycles. The molecule has 3 rings (SSSR count). The lowest BCUT2D eigenvalue weighted by molar-refractivity contribution is 0.0167. The van der Waals surface area contributed by atoms with Crippen molar-refractivity contribution in [1.82, 2.24) is 9.78 Å². The molecule has 2 aliphatic carbocycles. The molecule has 2 aliphatic rings. The van der Waals surface area contributed by atoms with Crippen LogP contribution < -0.4 is 10.9 Å². The lowest BCUT2D eigenvalue weighted by Crippen LogP contribution is -2.40. The molecule has 0 atom stereocenters. The number of hydrogen-bond acceptors (Lipinski definition) is 4. The number of nitrogens with zero attached hydrogens (tertiary/aromatic N) is 2. The lowest BCUT2D eigenvalue weighted by Gasteiger charge is -2.32. The highest BCUT2D eigenvalue weighted by molar-refractivity contribution is 6.32. The average Bonchev–Trinajstić information content (AvgIpc) is 3.27. The summed E-state index contributed by atoms with van der Waals surface area (Å²) >= 11 is 6.10. The van der Waals surface area contributed by atoms with E-state index in [1.165, 1.54) is 30.1 Å². The number of aliphatic hydroxyl groups is 1. The normalized spacial score (nSPS) is 21.2. The topological polar surface area (TPSA) is 67.2 Å². The van der Waals surface area contributed by atoms with Gasteiger partial charge in [0.25, 0.3) is 5.56 Å². The smallest absolute Gasteiger partial charge is 0.291 e. The van der Waals surface area contributed by atoms with Crippen LogP contribution in [0.5, 0.6) is 0 Å². The highest BCUT2D eigenvalue weighted by atomic mass is 35.5. The van der Waals surface area contributed by atoms with Gasteiger partial charge in [0.15, 0.2) is 0 Å². The van der Waals surface area contributed by atoms with E-state index in [1.54, 1.807) is 0 Å². The Kier molecular flexibility index (Phi) is 4.22. The molecule has 0 amide bonds. The number of rotatable bonds is 5. The first-order valence-electron chi connectivity index (χ1n) is 7.79. The molecule has 1 aromatic heterocycles. The molecule has 21 heavy (non-hydrogen) atoms. The molecule has 0 spiro atoms. The number of hydrogen-bond donors (Lipinski definition) is 2. The van der Waals surface area contributed by atoms with Crippen LogP contribution in [0.4, 0.5) is 5.69 Å². The van der Waals surface area contributed by atoms with Crippen LogP contribution in [0.25, 0.3) is 0 Å². The van der Waals surface area contributed by atoms with Gasteiger partial charge >= 0.3 is 0 Å². The van der Waals surface area contributed by atoms with Gasteiger partial charge < -0.3 is 10.4 Å². The summed E-state index contributed by atoms with van der Waals surface area (Å²) in [5.41, 5.74) is -0.543. The van der Waals surface area contributed by atoms with E-state index in [2.05, 4.69) is 10.4 Å². The zero-order valence-electron chi connectivity index (χ0n) is 12.1. The fourth-order valence-corrected chi connectivity index (χ4v) is 3.13. The van der Waals surface area contributed by atoms with Crippen molar-refractivity contribution in [3.8, 4) is 0 Å². The predicted octanol–water partition coefficient (Wildman–Crippen LogP) is 2.41. The standard InChI is InChI=1S/C15H22ClN3O2/c16-12-8-18-19(9-11-4-5-11)14(20)13(12)17-10-15(21)6-2-1-3-7-15/h8,11,17,21H,1-7,9-10H2. The van der Waals surface area contributed by atoms with Crippen molar-refractivity contribution >= 4 is 17.3 Å². The number of aromatic nitrogens is 2. The van der Waals surface area contributed by atoms with E-state index in [0.717, 1.165) is 25.7 Å². The van der Waals surface area contributed by atoms with Crippen LogP contribution in [0.15, 0.2) is 11.0 Å². The summed E-state index contributed by atoms with van der Waals surface area (Å²) in [4.78, 5) is 12.4. The molecule has 2 N–H and O–H groups in total. The first kappa shape index (κ1) is 14.9. The molecule has 5 nitrogen and oxygen atoms in total. The molecule has 0 bridgehead atoms. The van der Waals surface area contributed by atoms with Crippen LogP contribution in [-0.4, -0.2) is 27.0 Å². The van der Waals surface area contributed by atoms with Crippen molar-refractivity contribution in [1.29, 1.82) is 0 Å². The first-order chi connectivity index (χ1) is 10.1. The van der Waals surface area contributed by atoms with Gasteiger partial charge in [0.2, 0.25) is 0 Å². The molecule has 2 fully saturated rings. The third-order valence-corrected chi connectivity index (χ3v) is 4.79. The molecule has 6 heteroatoms. The molecule has 0 unspecified atom stereocenters. The third kappa shape index (κ3) is 3.58. The van der Waals surface area contributed by atoms with Crippen molar-refractivity contribution < 1.29 is 5.11 Å². The van der Waals surface area contributed by atoms with Crippen molar-refractivity contribution in [2.24, 2.45) is 5.92 Å². The maximum absolute atomic E-state index is 12.4. The zero-order chi connectivity index (χ0) is 14.9. The molecule has 2 saturated carbocycles. The zero-order valence-corrected chi connectivity index (χ0v) is 12.9. The molecule has 0 aliphatic heterocycles. The number of nitrogens with one attached hydrogen (secondary N) is 1. The van der Waals surface area contributed by atoms with Crippen LogP contribution >= 0.6 is 11.6 Å². The van der Waals surface area contributed by atoms with E-state index in [-0.39, 0.29) is 5.56 Å². The fourth-order valence-electron chi connectivity index (χ4n) is 2.94. The summed E-state index contributed by atoms with van der Waals surface area (Å²) in [5, 5.41) is 18.0. The van der Waals surface area contributed by atoms with Crippen molar-refractivity contribution in [2.75, 3.05) is 11.9 Å². The fraction of sp³-hybridized carbons (Fsp3) is 0.733. The summed E-state index contributed by atoms with van der Waals surface area (Å²) in [7, 11) is 0. The Bertz CT molecular complexity index is 563. The van der Waals surface area contributed by atoms with E-state index in [4.69, 9.17) is 11.6 Å². The van der Waals surface area contributed by atoms with Gasteiger partial charge in [0, 0.05) is 13.1 Å². The summed E-state index contributed by atoms with van der Waals surface area (Å²) in [6, 6.07) is 0. The Hall–Kier alpha value is -1.07. The van der Waals surface area contributed by atoms with Gasteiger partial charge in [-0.1, -0.05) is 30.9 Å². The molecular weight excluding hydrogens is 290 g/mol. The second kappa shape index (κ2) is 5.97. The second-order valence-electron chi connectivity index (χ2n) is 6.44. The van der Waals surface area contributed by atoms with Gasteiger partial charge in [-0.05, 0) is 31.6 Å². The minimum Gasteiger partial charge on any atom is -0.388 e. The summed E-state index contributed by atoms with van der Waals surface area (Å²) < 4.78 is 1.48. The highest BCUT2D eigenvalue weighted by Gasteiger charge is 2.29. The molecular formula is C15H22ClN3O2. The largest absolute Gasteiger partial charge is 0.388 e. The SMILES string of the molecule is O=c1c(NCC2(O)CCCCC2)c(Cl)cnn1CC1CC1. The van der Waals surface area contributed by atoms with Crippen LogP contribution in [0.1, 0.15) is 44.9 Å². The average molecular weight is 312 g/mol. The van der Waals surface area contributed by atoms with Gasteiger partial charge in [-0.3, -0.25) is 4.79 Å². The monoisotopic (exact) mass is 311 g/mol. The van der Waals surface area contributed by atoms with Gasteiger partial charge in [-0.2, -0.15) is 5.10 Å². The van der Waals surface area contributed by atoms with E-state index >= 15 is 0 Å². The molecule has 0 aromatic carbocycles. The molecule has 1 aromatic rings. The summed E-state index contributed by atoms with van der Waals surface area (Å²) in [6.07, 6.45) is 8.64. The van der Waals surface area contributed by atoms with Crippen molar-refractivity contribution in [3.63, 3.8) is 0 Å². The Morgan fingerprint density at radius 1 is 1.38 bits per heavy atom. The molecule has 116 valence electrons. The van der Waals surface area contributed by atoms with E-state index in [1.807, 2.05) is 0 Å². The van der Waals surface area contributed by atoms with Crippen molar-refractivity contribution in [2.45, 2.75) is 57.1 Å². The third-order valence-electron chi connectivity index (χ3n) is 4.50. The molecule has 1 heterocycles. The maximum Gasteiger partial charge on any atom is 0.291 e. The summed E-state index contributed by atoms with van der Waals surface area (Å²) in [6.45, 7) is 1.03. The second-order valence-corrected chi connectivity index (χ2v) is 6.84. The minimum atomic E-state index is -0.724. The van der Waals surface area contributed by atoms with Crippen LogP contribution in [0.3, 0.4) is 0 Å². The Balaban J connectivity index is 1.72. The van der Waals surface area contributed by atoms with E-state index < -0.39 is 5.60 Å². The Labute approximate surface area is 129 Å². The van der Waals surface area contributed by atoms with Crippen LogP contribution in [0.2, 0.25) is 5.02 Å². The lowest BCUT2D eigenvalue weighted by atomic mass is 9.85. The van der Waals surface area contributed by atoms with Gasteiger partial charge in [-0.25, -0.2) is 4.68 Å². The highest BCUT2D eigenvalue weighted by Crippen LogP contribution is 2.31. The van der Waals surface area contributed by atoms with Crippen LogP contribution in [0, 0.1) is 5.92 Å². The van der Waals surface area contributed by atoms with Gasteiger partial charge in [0.1, 0.15) is 5.69 Å². The predicted molar refractivity (Wildman–Crippen MR) is 82.8 cm³/mol. The minimum absolute atomic E-state index is 0.186. The quantitative estimate of drug-likeness (QED) is 0.876. The number of halogens is 1. The van der Waals surface area contributed by atoms with Crippen molar-refractivity contribution in [3.05, 3.63) is 21.6 Å². The van der Waals surface area contributed by atoms with Gasteiger partial charge in [-0.15, -0.1) is 0 Å². The van der Waals surface area contributed by atoms with E-state index in [0.29, 0.717) is 29.7 Å². The van der Waals surface area contributed by atoms with Crippen LogP contribution in [-0.2, 0) is 6.54 Å². The van der Waals surface area contributed by atoms with E-state index in [9.17, 15) is 9.90 Å². The van der Waals surface area contributed by atoms with Gasteiger partial charge in [0.05, 0.1) is 16.8 Å². The Morgan fingerprint density at radius 2 is 2.10 bits per heavy atom. The molecule has 0 radical (unpaired) electrons. The first-order valence-corrected chi connectivity index (χ1v) is 8.17. The Morgan fingerprint density at radius 3 is 2.76 bits per heavy atom. The maximum atomic E-state index is 12.4.